The average molecular weight is 383 g/mol. The molecule has 1 saturated heterocycles. The number of anilines is 2. The van der Waals surface area contributed by atoms with Gasteiger partial charge in [-0.15, -0.1) is 0 Å². The number of nitrogens with zero attached hydrogens (tertiary/aromatic N) is 3. The average Bonchev–Trinajstić information content (AvgIpc) is 3.29. The van der Waals surface area contributed by atoms with Gasteiger partial charge in [0.1, 0.15) is 29.5 Å². The number of nitrogens with one attached hydrogen (secondary N) is 2. The summed E-state index contributed by atoms with van der Waals surface area (Å²) in [4.78, 5) is 10.8. The molecule has 0 aromatic carbocycles. The van der Waals surface area contributed by atoms with E-state index in [9.17, 15) is 8.78 Å². The summed E-state index contributed by atoms with van der Waals surface area (Å²) in [6.45, 7) is 2.36. The Balaban J connectivity index is 1.49. The van der Waals surface area contributed by atoms with Gasteiger partial charge in [0, 0.05) is 32.2 Å². The molecule has 1 atom stereocenters. The van der Waals surface area contributed by atoms with Crippen LogP contribution in [0.5, 0.6) is 0 Å². The Hall–Kier alpha value is -1.87. The van der Waals surface area contributed by atoms with Gasteiger partial charge in [-0.25, -0.2) is 9.97 Å². The maximum Gasteiger partial charge on any atom is 0.284 e. The minimum Gasteiger partial charge on any atom is -0.464 e. The molecule has 0 saturated carbocycles. The van der Waals surface area contributed by atoms with Crippen molar-refractivity contribution < 1.29 is 13.2 Å². The first kappa shape index (κ1) is 18.9. The van der Waals surface area contributed by atoms with Crippen LogP contribution in [0.15, 0.2) is 28.9 Å². The number of thioether (sulfide) groups is 1. The lowest BCUT2D eigenvalue weighted by Crippen LogP contribution is -2.38. The van der Waals surface area contributed by atoms with Gasteiger partial charge < -0.3 is 20.0 Å². The summed E-state index contributed by atoms with van der Waals surface area (Å²) in [5.74, 6) is 0.890. The van der Waals surface area contributed by atoms with Gasteiger partial charge in [-0.05, 0) is 25.0 Å². The standard InChI is InChI=1S/C17H23F2N5OS/c1-20-15-7-16(23-11-22-15)24-6-2-3-12(24)8-21-9-13-4-5-14(25-13)10-26-17(18)19/h4-5,7,11-12,17,21H,2-3,6,8-10H2,1H3,(H,20,22,23). The fraction of sp³-hybridized carbons (Fsp3) is 0.529. The summed E-state index contributed by atoms with van der Waals surface area (Å²) < 4.78 is 30.0. The number of aromatic nitrogens is 2. The largest absolute Gasteiger partial charge is 0.464 e. The monoisotopic (exact) mass is 383 g/mol. The van der Waals surface area contributed by atoms with E-state index in [-0.39, 0.29) is 5.75 Å². The smallest absolute Gasteiger partial charge is 0.284 e. The Kier molecular flexibility index (Phi) is 6.67. The third-order valence-electron chi connectivity index (χ3n) is 4.33. The number of hydrogen-bond acceptors (Lipinski definition) is 7. The quantitative estimate of drug-likeness (QED) is 0.688. The van der Waals surface area contributed by atoms with Crippen molar-refractivity contribution in [1.82, 2.24) is 15.3 Å². The number of alkyl halides is 2. The van der Waals surface area contributed by atoms with Gasteiger partial charge in [-0.3, -0.25) is 0 Å². The summed E-state index contributed by atoms with van der Waals surface area (Å²) in [6, 6.07) is 5.91. The van der Waals surface area contributed by atoms with Crippen molar-refractivity contribution in [3.8, 4) is 0 Å². The highest BCUT2D eigenvalue weighted by molar-refractivity contribution is 7.98. The molecule has 3 heterocycles. The van der Waals surface area contributed by atoms with Crippen LogP contribution in [0.3, 0.4) is 0 Å². The van der Waals surface area contributed by atoms with Gasteiger partial charge in [0.15, 0.2) is 0 Å². The Bertz CT molecular complexity index is 699. The SMILES string of the molecule is CNc1cc(N2CCCC2CNCc2ccc(CSC(F)F)o2)ncn1. The van der Waals surface area contributed by atoms with Crippen LogP contribution in [-0.4, -0.2) is 41.9 Å². The second kappa shape index (κ2) is 9.18. The molecule has 0 spiro atoms. The fourth-order valence-corrected chi connectivity index (χ4v) is 3.54. The van der Waals surface area contributed by atoms with Crippen molar-refractivity contribution in [3.63, 3.8) is 0 Å². The number of halogens is 2. The highest BCUT2D eigenvalue weighted by Crippen LogP contribution is 2.25. The second-order valence-corrected chi connectivity index (χ2v) is 7.05. The molecule has 2 N–H and O–H groups in total. The molecule has 1 fully saturated rings. The topological polar surface area (TPSA) is 66.2 Å². The summed E-state index contributed by atoms with van der Waals surface area (Å²) in [5.41, 5.74) is 0. The molecule has 0 bridgehead atoms. The molecule has 1 aliphatic rings. The van der Waals surface area contributed by atoms with Crippen molar-refractivity contribution in [3.05, 3.63) is 36.0 Å². The van der Waals surface area contributed by atoms with E-state index in [2.05, 4.69) is 25.5 Å². The third-order valence-corrected chi connectivity index (χ3v) is 5.03. The summed E-state index contributed by atoms with van der Waals surface area (Å²) in [7, 11) is 1.84. The van der Waals surface area contributed by atoms with Crippen LogP contribution in [-0.2, 0) is 12.3 Å². The van der Waals surface area contributed by atoms with Crippen LogP contribution >= 0.6 is 11.8 Å². The van der Waals surface area contributed by atoms with E-state index < -0.39 is 5.76 Å². The molecule has 2 aromatic heterocycles. The maximum absolute atomic E-state index is 12.2. The van der Waals surface area contributed by atoms with Crippen LogP contribution in [0, 0.1) is 0 Å². The van der Waals surface area contributed by atoms with E-state index >= 15 is 0 Å². The van der Waals surface area contributed by atoms with Crippen LogP contribution < -0.4 is 15.5 Å². The second-order valence-electron chi connectivity index (χ2n) is 6.07. The lowest BCUT2D eigenvalue weighted by molar-refractivity contribution is 0.251. The molecule has 6 nitrogen and oxygen atoms in total. The number of furan rings is 1. The van der Waals surface area contributed by atoms with Crippen LogP contribution in [0.1, 0.15) is 24.4 Å². The number of hydrogen-bond donors (Lipinski definition) is 2. The molecule has 0 radical (unpaired) electrons. The Morgan fingerprint density at radius 1 is 1.35 bits per heavy atom. The first-order valence-corrected chi connectivity index (χ1v) is 9.65. The van der Waals surface area contributed by atoms with Crippen molar-refractivity contribution in [1.29, 1.82) is 0 Å². The van der Waals surface area contributed by atoms with Crippen molar-refractivity contribution >= 4 is 23.4 Å². The zero-order valence-electron chi connectivity index (χ0n) is 14.6. The number of rotatable bonds is 9. The zero-order chi connectivity index (χ0) is 18.4. The van der Waals surface area contributed by atoms with Crippen LogP contribution in [0.4, 0.5) is 20.4 Å². The zero-order valence-corrected chi connectivity index (χ0v) is 15.4. The molecule has 142 valence electrons. The Labute approximate surface area is 155 Å². The molecule has 1 unspecified atom stereocenters. The highest BCUT2D eigenvalue weighted by atomic mass is 32.2. The molecule has 1 aliphatic heterocycles. The van der Waals surface area contributed by atoms with Gasteiger partial charge in [-0.2, -0.15) is 8.78 Å². The van der Waals surface area contributed by atoms with Gasteiger partial charge in [0.05, 0.1) is 12.3 Å². The minimum absolute atomic E-state index is 0.190. The van der Waals surface area contributed by atoms with E-state index in [0.29, 0.717) is 30.1 Å². The van der Waals surface area contributed by atoms with Crippen LogP contribution in [0.25, 0.3) is 0 Å². The van der Waals surface area contributed by atoms with Crippen molar-refractivity contribution in [2.24, 2.45) is 0 Å². The summed E-state index contributed by atoms with van der Waals surface area (Å²) >= 11 is 0.571. The van der Waals surface area contributed by atoms with E-state index in [0.717, 1.165) is 43.3 Å². The first-order chi connectivity index (χ1) is 12.7. The third kappa shape index (κ3) is 5.07. The first-order valence-electron chi connectivity index (χ1n) is 8.60. The Morgan fingerprint density at radius 2 is 2.19 bits per heavy atom. The minimum atomic E-state index is -2.37. The molecule has 26 heavy (non-hydrogen) atoms. The van der Waals surface area contributed by atoms with E-state index in [4.69, 9.17) is 4.42 Å². The van der Waals surface area contributed by atoms with Crippen molar-refractivity contribution in [2.75, 3.05) is 30.4 Å². The lowest BCUT2D eigenvalue weighted by atomic mass is 10.2. The predicted octanol–water partition coefficient (Wildman–Crippen LogP) is 3.33. The molecule has 3 rings (SSSR count). The molecule has 2 aromatic rings. The van der Waals surface area contributed by atoms with Gasteiger partial charge in [0.2, 0.25) is 0 Å². The summed E-state index contributed by atoms with van der Waals surface area (Å²) in [5, 5.41) is 6.44. The normalized spacial score (nSPS) is 17.2. The molecule has 0 aliphatic carbocycles. The van der Waals surface area contributed by atoms with Gasteiger partial charge in [-0.1, -0.05) is 11.8 Å². The van der Waals surface area contributed by atoms with E-state index in [1.54, 1.807) is 12.4 Å². The molecule has 9 heteroatoms. The van der Waals surface area contributed by atoms with Gasteiger partial charge in [0.25, 0.3) is 5.76 Å². The molecular weight excluding hydrogens is 360 g/mol. The van der Waals surface area contributed by atoms with Crippen molar-refractivity contribution in [2.45, 2.75) is 36.9 Å². The molecule has 0 amide bonds. The highest BCUT2D eigenvalue weighted by Gasteiger charge is 2.25. The molecular formula is C17H23F2N5OS. The lowest BCUT2D eigenvalue weighted by Gasteiger charge is -2.26. The van der Waals surface area contributed by atoms with Gasteiger partial charge >= 0.3 is 0 Å². The van der Waals surface area contributed by atoms with Crippen LogP contribution in [0.2, 0.25) is 0 Å². The fourth-order valence-electron chi connectivity index (χ4n) is 3.09. The van der Waals surface area contributed by atoms with E-state index in [1.165, 1.54) is 0 Å². The van der Waals surface area contributed by atoms with E-state index in [1.807, 2.05) is 19.2 Å². The Morgan fingerprint density at radius 3 is 3.00 bits per heavy atom. The summed E-state index contributed by atoms with van der Waals surface area (Å²) in [6.07, 6.45) is 3.80. The predicted molar refractivity (Wildman–Crippen MR) is 99.7 cm³/mol. The maximum atomic E-state index is 12.2.